The first-order valence-corrected chi connectivity index (χ1v) is 12.8. The Morgan fingerprint density at radius 1 is 0.973 bits per heavy atom. The van der Waals surface area contributed by atoms with Crippen molar-refractivity contribution in [3.63, 3.8) is 0 Å². The number of nitrogens with one attached hydrogen (secondary N) is 1. The molecule has 0 spiro atoms. The van der Waals surface area contributed by atoms with Crippen molar-refractivity contribution in [1.82, 2.24) is 28.9 Å². The van der Waals surface area contributed by atoms with Crippen LogP contribution in [0.5, 0.6) is 0 Å². The zero-order valence-electron chi connectivity index (χ0n) is 22.3. The highest BCUT2D eigenvalue weighted by atomic mass is 16.2. The van der Waals surface area contributed by atoms with Crippen LogP contribution in [0.2, 0.25) is 0 Å². The van der Waals surface area contributed by atoms with Gasteiger partial charge in [0.2, 0.25) is 0 Å². The average Bonchev–Trinajstić information content (AvgIpc) is 3.24. The van der Waals surface area contributed by atoms with Crippen molar-refractivity contribution in [2.45, 2.75) is 52.5 Å². The molecule has 3 N–H and O–H groups in total. The van der Waals surface area contributed by atoms with Gasteiger partial charge in [0.15, 0.2) is 11.2 Å². The summed E-state index contributed by atoms with van der Waals surface area (Å²) in [5.41, 5.74) is 8.84. The van der Waals surface area contributed by atoms with Gasteiger partial charge in [0, 0.05) is 18.7 Å². The zero-order valence-corrected chi connectivity index (χ0v) is 22.3. The summed E-state index contributed by atoms with van der Waals surface area (Å²) in [6.45, 7) is 7.02. The fraction of sp³-hybridized carbons (Fsp3) is 0.393. The van der Waals surface area contributed by atoms with Crippen LogP contribution in [0.1, 0.15) is 50.1 Å². The Kier molecular flexibility index (Phi) is 7.94. The Morgan fingerprint density at radius 3 is 2.27 bits per heavy atom. The van der Waals surface area contributed by atoms with Crippen LogP contribution in [0.4, 0.5) is 5.69 Å². The van der Waals surface area contributed by atoms with Crippen molar-refractivity contribution in [1.29, 1.82) is 0 Å². The lowest BCUT2D eigenvalue weighted by Crippen LogP contribution is -2.46. The van der Waals surface area contributed by atoms with Gasteiger partial charge in [-0.3, -0.25) is 19.6 Å². The number of hydrogen-bond acceptors (Lipinski definition) is 6. The second-order valence-electron chi connectivity index (χ2n) is 9.66. The monoisotopic (exact) mass is 503 g/mol. The maximum absolute atomic E-state index is 14.0. The van der Waals surface area contributed by atoms with E-state index in [0.29, 0.717) is 36.2 Å². The molecule has 9 heteroatoms. The Balaban J connectivity index is 1.96. The Hall–Kier alpha value is -3.69. The van der Waals surface area contributed by atoms with Gasteiger partial charge in [0.1, 0.15) is 5.82 Å². The number of hydrogen-bond donors (Lipinski definition) is 2. The molecule has 2 atom stereocenters. The van der Waals surface area contributed by atoms with E-state index in [0.717, 1.165) is 23.5 Å². The molecule has 2 heterocycles. The molecule has 2 aromatic carbocycles. The average molecular weight is 504 g/mol. The van der Waals surface area contributed by atoms with Crippen molar-refractivity contribution < 1.29 is 0 Å². The lowest BCUT2D eigenvalue weighted by Gasteiger charge is -2.24. The van der Waals surface area contributed by atoms with Gasteiger partial charge in [0.05, 0.1) is 12.3 Å². The molecule has 0 aliphatic heterocycles. The molecule has 0 bridgehead atoms. The van der Waals surface area contributed by atoms with Crippen LogP contribution in [-0.4, -0.2) is 44.2 Å². The molecule has 9 nitrogen and oxygen atoms in total. The summed E-state index contributed by atoms with van der Waals surface area (Å²) in [6, 6.07) is 17.7. The van der Waals surface area contributed by atoms with Gasteiger partial charge >= 0.3 is 5.69 Å². The maximum atomic E-state index is 14.0. The van der Waals surface area contributed by atoms with Crippen LogP contribution in [0.25, 0.3) is 11.2 Å². The fourth-order valence-corrected chi connectivity index (χ4v) is 4.67. The molecule has 2 unspecified atom stereocenters. The molecule has 0 saturated carbocycles. The van der Waals surface area contributed by atoms with Crippen molar-refractivity contribution in [2.75, 3.05) is 26.4 Å². The van der Waals surface area contributed by atoms with E-state index in [9.17, 15) is 9.59 Å². The topological polar surface area (TPSA) is 103 Å². The van der Waals surface area contributed by atoms with E-state index in [1.165, 1.54) is 4.57 Å². The minimum absolute atomic E-state index is 0.187. The largest absolute Gasteiger partial charge is 0.399 e. The molecule has 0 fully saturated rings. The SMILES string of the molecule is CCNC(C)n1c(Cc2ccccc2)nc2c1c(=O)n(C(C)N(C)C)c(=O)n2CCc1ccc(N)cc1. The van der Waals surface area contributed by atoms with E-state index >= 15 is 0 Å². The number of benzene rings is 2. The Labute approximate surface area is 217 Å². The summed E-state index contributed by atoms with van der Waals surface area (Å²) in [4.78, 5) is 34.6. The van der Waals surface area contributed by atoms with Crippen LogP contribution < -0.4 is 22.3 Å². The van der Waals surface area contributed by atoms with Gasteiger partial charge in [0.25, 0.3) is 5.56 Å². The van der Waals surface area contributed by atoms with Crippen LogP contribution in [0, 0.1) is 0 Å². The summed E-state index contributed by atoms with van der Waals surface area (Å²) in [5, 5.41) is 3.43. The summed E-state index contributed by atoms with van der Waals surface area (Å²) >= 11 is 0. The maximum Gasteiger partial charge on any atom is 0.334 e. The number of nitrogen functional groups attached to an aromatic ring is 1. The third-order valence-corrected chi connectivity index (χ3v) is 6.90. The number of nitrogens with zero attached hydrogens (tertiary/aromatic N) is 5. The first-order valence-electron chi connectivity index (χ1n) is 12.8. The fourth-order valence-electron chi connectivity index (χ4n) is 4.67. The first-order chi connectivity index (χ1) is 17.7. The van der Waals surface area contributed by atoms with E-state index < -0.39 is 6.17 Å². The number of aryl methyl sites for hydroxylation is 2. The summed E-state index contributed by atoms with van der Waals surface area (Å²) in [5.74, 6) is 0.739. The standard InChI is InChI=1S/C28H37N7O2/c1-6-30-19(2)34-24(18-22-10-8-7-9-11-22)31-26-25(34)27(36)35(20(3)32(4)5)28(37)33(26)17-16-21-12-14-23(29)15-13-21/h7-15,19-20,30H,6,16-18,29H2,1-5H3. The van der Waals surface area contributed by atoms with Crippen LogP contribution in [0.15, 0.2) is 64.2 Å². The molecule has 196 valence electrons. The normalized spacial score (nSPS) is 13.4. The van der Waals surface area contributed by atoms with E-state index in [1.807, 2.05) is 98.9 Å². The van der Waals surface area contributed by atoms with Crippen LogP contribution in [-0.2, 0) is 19.4 Å². The molecule has 0 aliphatic rings. The summed E-state index contributed by atoms with van der Waals surface area (Å²) in [7, 11) is 3.72. The van der Waals surface area contributed by atoms with Gasteiger partial charge < -0.3 is 10.3 Å². The van der Waals surface area contributed by atoms with Crippen LogP contribution >= 0.6 is 0 Å². The molecule has 0 aliphatic carbocycles. The second kappa shape index (κ2) is 11.1. The van der Waals surface area contributed by atoms with Gasteiger partial charge in [-0.05, 0) is 64.2 Å². The number of rotatable bonds is 10. The number of anilines is 1. The number of imidazole rings is 1. The second-order valence-corrected chi connectivity index (χ2v) is 9.66. The molecule has 37 heavy (non-hydrogen) atoms. The van der Waals surface area contributed by atoms with Gasteiger partial charge in [-0.15, -0.1) is 0 Å². The van der Waals surface area contributed by atoms with E-state index in [4.69, 9.17) is 10.7 Å². The number of fused-ring (bicyclic) bond motifs is 1. The minimum atomic E-state index is -0.428. The Morgan fingerprint density at radius 2 is 1.65 bits per heavy atom. The lowest BCUT2D eigenvalue weighted by atomic mass is 10.1. The van der Waals surface area contributed by atoms with E-state index in [1.54, 1.807) is 4.57 Å². The molecule has 4 aromatic rings. The third-order valence-electron chi connectivity index (χ3n) is 6.90. The van der Waals surface area contributed by atoms with E-state index in [-0.39, 0.29) is 17.4 Å². The Bertz CT molecular complexity index is 1470. The predicted molar refractivity (Wildman–Crippen MR) is 149 cm³/mol. The quantitative estimate of drug-likeness (QED) is 0.323. The highest BCUT2D eigenvalue weighted by Crippen LogP contribution is 2.21. The highest BCUT2D eigenvalue weighted by Gasteiger charge is 2.26. The summed E-state index contributed by atoms with van der Waals surface area (Å²) < 4.78 is 4.96. The summed E-state index contributed by atoms with van der Waals surface area (Å²) in [6.07, 6.45) is 0.531. The minimum Gasteiger partial charge on any atom is -0.399 e. The zero-order chi connectivity index (χ0) is 26.7. The molecule has 4 rings (SSSR count). The molecular weight excluding hydrogens is 466 g/mol. The third kappa shape index (κ3) is 5.38. The van der Waals surface area contributed by atoms with Gasteiger partial charge in [-0.25, -0.2) is 14.3 Å². The number of nitrogens with two attached hydrogens (primary N) is 1. The molecular formula is C28H37N7O2. The van der Waals surface area contributed by atoms with Crippen molar-refractivity contribution in [3.8, 4) is 0 Å². The van der Waals surface area contributed by atoms with Crippen molar-refractivity contribution >= 4 is 16.9 Å². The van der Waals surface area contributed by atoms with Crippen molar-refractivity contribution in [2.24, 2.45) is 0 Å². The molecule has 0 amide bonds. The van der Waals surface area contributed by atoms with Crippen molar-refractivity contribution in [3.05, 3.63) is 92.4 Å². The highest BCUT2D eigenvalue weighted by molar-refractivity contribution is 5.71. The smallest absolute Gasteiger partial charge is 0.334 e. The van der Waals surface area contributed by atoms with E-state index in [2.05, 4.69) is 5.32 Å². The number of aromatic nitrogens is 4. The lowest BCUT2D eigenvalue weighted by molar-refractivity contribution is 0.223. The van der Waals surface area contributed by atoms with Gasteiger partial charge in [-0.2, -0.15) is 0 Å². The first kappa shape index (κ1) is 26.4. The molecule has 2 aromatic heterocycles. The molecule has 0 saturated heterocycles. The van der Waals surface area contributed by atoms with Gasteiger partial charge in [-0.1, -0.05) is 49.4 Å². The molecule has 0 radical (unpaired) electrons. The predicted octanol–water partition coefficient (Wildman–Crippen LogP) is 2.98. The van der Waals surface area contributed by atoms with Crippen LogP contribution in [0.3, 0.4) is 0 Å².